The number of rotatable bonds is 4. The number of phenols is 1. The molecule has 8 heteroatoms. The molecular weight excluding hydrogens is 284 g/mol. The number of nitrogens with two attached hydrogens (primary N) is 1. The highest BCUT2D eigenvalue weighted by molar-refractivity contribution is 5.85. The number of hydrogen-bond acceptors (Lipinski definition) is 5. The van der Waals surface area contributed by atoms with Crippen molar-refractivity contribution in [2.75, 3.05) is 6.61 Å². The van der Waals surface area contributed by atoms with Gasteiger partial charge in [-0.15, -0.1) is 12.4 Å². The fourth-order valence-electron chi connectivity index (χ4n) is 1.31. The second-order valence-electron chi connectivity index (χ2n) is 3.72. The molecule has 0 amide bonds. The van der Waals surface area contributed by atoms with Crippen molar-refractivity contribution in [1.29, 1.82) is 0 Å². The first kappa shape index (κ1) is 17.6. The van der Waals surface area contributed by atoms with Crippen molar-refractivity contribution >= 4 is 18.4 Å². The first-order valence-corrected chi connectivity index (χ1v) is 5.03. The van der Waals surface area contributed by atoms with Crippen LogP contribution < -0.4 is 10.5 Å². The average molecular weight is 298 g/mol. The van der Waals surface area contributed by atoms with Crippen molar-refractivity contribution in [3.8, 4) is 11.5 Å². The maximum atomic E-state index is 13.1. The third-order valence-corrected chi connectivity index (χ3v) is 2.26. The smallest absolute Gasteiger partial charge is 0.308 e. The second kappa shape index (κ2) is 6.65. The summed E-state index contributed by atoms with van der Waals surface area (Å²) in [6.07, 6.45) is 0. The van der Waals surface area contributed by atoms with Crippen molar-refractivity contribution < 1.29 is 28.5 Å². The summed E-state index contributed by atoms with van der Waals surface area (Å²) in [5.74, 6) is -4.78. The molecule has 4 N–H and O–H groups in total. The normalized spacial score (nSPS) is 12.5. The molecule has 1 atom stereocenters. The Bertz CT molecular complexity index is 456. The summed E-state index contributed by atoms with van der Waals surface area (Å²) < 4.78 is 30.9. The number of halogens is 3. The molecule has 0 radical (unpaired) electrons. The van der Waals surface area contributed by atoms with E-state index < -0.39 is 30.3 Å². The van der Waals surface area contributed by atoms with Gasteiger partial charge in [-0.05, 0) is 17.7 Å². The highest BCUT2D eigenvalue weighted by Gasteiger charge is 2.37. The molecule has 108 valence electrons. The average Bonchev–Trinajstić information content (AvgIpc) is 2.30. The number of aliphatic hydroxyl groups excluding tert-OH is 1. The van der Waals surface area contributed by atoms with E-state index >= 15 is 0 Å². The molecule has 0 spiro atoms. The Morgan fingerprint density at radius 1 is 1.53 bits per heavy atom. The van der Waals surface area contributed by atoms with E-state index in [1.807, 2.05) is 0 Å². The maximum absolute atomic E-state index is 13.1. The van der Waals surface area contributed by atoms with Gasteiger partial charge in [0.2, 0.25) is 0 Å². The second-order valence-corrected chi connectivity index (χ2v) is 3.72. The number of aliphatic hydroxyl groups is 1. The molecular formula is C11H14ClF2NO4. The van der Waals surface area contributed by atoms with Crippen LogP contribution in [0, 0.1) is 0 Å². The molecule has 0 fully saturated rings. The molecule has 0 saturated carbocycles. The minimum atomic E-state index is -3.50. The van der Waals surface area contributed by atoms with Gasteiger partial charge in [0.25, 0.3) is 5.92 Å². The molecule has 0 aromatic heterocycles. The van der Waals surface area contributed by atoms with E-state index in [0.29, 0.717) is 0 Å². The number of aromatic hydroxyl groups is 1. The molecule has 0 aliphatic rings. The standard InChI is InChI=1S/C11H13F2NO4.ClH/c1-6(16)18-9-3-2-7(4-8(9)17)10(14)11(12,13)5-15;/h2-4,10,15,17H,5,14H2,1H3;1H/t10-;/m0./s1. The molecule has 19 heavy (non-hydrogen) atoms. The highest BCUT2D eigenvalue weighted by atomic mass is 35.5. The molecule has 0 aliphatic heterocycles. The summed E-state index contributed by atoms with van der Waals surface area (Å²) >= 11 is 0. The van der Waals surface area contributed by atoms with Gasteiger partial charge in [-0.2, -0.15) is 0 Å². The van der Waals surface area contributed by atoms with Gasteiger partial charge in [0.1, 0.15) is 6.61 Å². The topological polar surface area (TPSA) is 92.8 Å². The van der Waals surface area contributed by atoms with Crippen LogP contribution in [0.3, 0.4) is 0 Å². The fraction of sp³-hybridized carbons (Fsp3) is 0.364. The number of phenolic OH excluding ortho intramolecular Hbond substituents is 1. The van der Waals surface area contributed by atoms with Crippen molar-refractivity contribution in [2.24, 2.45) is 5.73 Å². The van der Waals surface area contributed by atoms with Gasteiger partial charge in [0, 0.05) is 6.92 Å². The van der Waals surface area contributed by atoms with Crippen molar-refractivity contribution in [1.82, 2.24) is 0 Å². The van der Waals surface area contributed by atoms with Crippen LogP contribution >= 0.6 is 12.4 Å². The molecule has 5 nitrogen and oxygen atoms in total. The van der Waals surface area contributed by atoms with Crippen molar-refractivity contribution in [3.63, 3.8) is 0 Å². The summed E-state index contributed by atoms with van der Waals surface area (Å²) in [6, 6.07) is 1.54. The zero-order valence-corrected chi connectivity index (χ0v) is 10.8. The number of esters is 1. The zero-order chi connectivity index (χ0) is 13.9. The number of alkyl halides is 2. The van der Waals surface area contributed by atoms with E-state index in [2.05, 4.69) is 4.74 Å². The lowest BCUT2D eigenvalue weighted by Crippen LogP contribution is -2.36. The van der Waals surface area contributed by atoms with Gasteiger partial charge in [-0.3, -0.25) is 4.79 Å². The van der Waals surface area contributed by atoms with Gasteiger partial charge < -0.3 is 20.7 Å². The van der Waals surface area contributed by atoms with Crippen molar-refractivity contribution in [2.45, 2.75) is 18.9 Å². The van der Waals surface area contributed by atoms with E-state index in [0.717, 1.165) is 19.1 Å². The third-order valence-electron chi connectivity index (χ3n) is 2.26. The van der Waals surface area contributed by atoms with Crippen LogP contribution in [0.5, 0.6) is 11.5 Å². The van der Waals surface area contributed by atoms with Gasteiger partial charge in [0.05, 0.1) is 6.04 Å². The summed E-state index contributed by atoms with van der Waals surface area (Å²) in [5.41, 5.74) is 5.19. The number of ether oxygens (including phenoxy) is 1. The SMILES string of the molecule is CC(=O)Oc1ccc([C@H](N)C(F)(F)CO)cc1O.Cl. The molecule has 0 heterocycles. The minimum absolute atomic E-state index is 0. The van der Waals surface area contributed by atoms with E-state index in [1.165, 1.54) is 6.07 Å². The summed E-state index contributed by atoms with van der Waals surface area (Å²) in [6.45, 7) is -0.264. The molecule has 0 aliphatic carbocycles. The summed E-state index contributed by atoms with van der Waals surface area (Å²) in [4.78, 5) is 10.7. The largest absolute Gasteiger partial charge is 0.504 e. The molecule has 1 rings (SSSR count). The van der Waals surface area contributed by atoms with Gasteiger partial charge in [-0.1, -0.05) is 6.07 Å². The van der Waals surface area contributed by atoms with Crippen LogP contribution in [0.2, 0.25) is 0 Å². The molecule has 0 unspecified atom stereocenters. The van der Waals surface area contributed by atoms with Crippen LogP contribution in [0.15, 0.2) is 18.2 Å². The van der Waals surface area contributed by atoms with E-state index in [9.17, 15) is 18.7 Å². The monoisotopic (exact) mass is 297 g/mol. The molecule has 1 aromatic carbocycles. The van der Waals surface area contributed by atoms with Crippen LogP contribution in [0.25, 0.3) is 0 Å². The lowest BCUT2D eigenvalue weighted by molar-refractivity contribution is -0.132. The predicted molar refractivity (Wildman–Crippen MR) is 65.6 cm³/mol. The quantitative estimate of drug-likeness (QED) is 0.576. The van der Waals surface area contributed by atoms with E-state index in [1.54, 1.807) is 0 Å². The van der Waals surface area contributed by atoms with E-state index in [-0.39, 0.29) is 23.7 Å². The van der Waals surface area contributed by atoms with Gasteiger partial charge >= 0.3 is 5.97 Å². The Morgan fingerprint density at radius 3 is 2.53 bits per heavy atom. The number of hydrogen-bond donors (Lipinski definition) is 3. The zero-order valence-electron chi connectivity index (χ0n) is 9.97. The number of carbonyl (C=O) groups excluding carboxylic acids is 1. The van der Waals surface area contributed by atoms with Crippen LogP contribution in [-0.4, -0.2) is 28.7 Å². The number of carbonyl (C=O) groups is 1. The Hall–Kier alpha value is -1.44. The highest BCUT2D eigenvalue weighted by Crippen LogP contribution is 2.34. The Balaban J connectivity index is 0.00000324. The molecule has 0 saturated heterocycles. The third kappa shape index (κ3) is 4.30. The van der Waals surface area contributed by atoms with Gasteiger partial charge in [-0.25, -0.2) is 8.78 Å². The van der Waals surface area contributed by atoms with Gasteiger partial charge in [0.15, 0.2) is 11.5 Å². The first-order valence-electron chi connectivity index (χ1n) is 5.03. The Kier molecular flexibility index (Phi) is 6.14. The van der Waals surface area contributed by atoms with Crippen LogP contribution in [0.1, 0.15) is 18.5 Å². The summed E-state index contributed by atoms with van der Waals surface area (Å²) in [7, 11) is 0. The van der Waals surface area contributed by atoms with Crippen LogP contribution in [-0.2, 0) is 4.79 Å². The predicted octanol–water partition coefficient (Wildman–Crippen LogP) is 1.37. The lowest BCUT2D eigenvalue weighted by Gasteiger charge is -2.22. The maximum Gasteiger partial charge on any atom is 0.308 e. The fourth-order valence-corrected chi connectivity index (χ4v) is 1.31. The Labute approximate surface area is 114 Å². The summed E-state index contributed by atoms with van der Waals surface area (Å²) in [5, 5.41) is 18.0. The molecule has 0 bridgehead atoms. The Morgan fingerprint density at radius 2 is 2.11 bits per heavy atom. The molecule has 1 aromatic rings. The first-order chi connectivity index (χ1) is 8.27. The minimum Gasteiger partial charge on any atom is -0.504 e. The van der Waals surface area contributed by atoms with Crippen molar-refractivity contribution in [3.05, 3.63) is 23.8 Å². The lowest BCUT2D eigenvalue weighted by atomic mass is 10.0. The number of benzene rings is 1. The van der Waals surface area contributed by atoms with Crippen LogP contribution in [0.4, 0.5) is 8.78 Å². The van der Waals surface area contributed by atoms with E-state index in [4.69, 9.17) is 10.8 Å².